The first kappa shape index (κ1) is 25.3. The molecule has 1 saturated heterocycles. The van der Waals surface area contributed by atoms with Gasteiger partial charge in [0.1, 0.15) is 12.4 Å². The molecule has 1 fully saturated rings. The zero-order chi connectivity index (χ0) is 25.1. The quantitative estimate of drug-likeness (QED) is 0.305. The molecule has 0 bridgehead atoms. The molecule has 0 unspecified atom stereocenters. The SMILES string of the molecule is CN1C(=O)C(=Cc2ccc(OCc3ccc(Cl)cc3Cl)c(Br)c2)SC1=Nc1cccc(C(=O)O)c1. The molecule has 178 valence electrons. The number of carbonyl (C=O) groups is 2. The summed E-state index contributed by atoms with van der Waals surface area (Å²) in [4.78, 5) is 30.3. The number of amides is 1. The van der Waals surface area contributed by atoms with E-state index in [1.54, 1.807) is 43.5 Å². The van der Waals surface area contributed by atoms with Crippen molar-refractivity contribution < 1.29 is 19.4 Å². The van der Waals surface area contributed by atoms with Gasteiger partial charge in [0.25, 0.3) is 5.91 Å². The highest BCUT2D eigenvalue weighted by molar-refractivity contribution is 9.10. The van der Waals surface area contributed by atoms with E-state index in [1.807, 2.05) is 18.2 Å². The molecule has 35 heavy (non-hydrogen) atoms. The molecular weight excluding hydrogens is 575 g/mol. The predicted molar refractivity (Wildman–Crippen MR) is 144 cm³/mol. The van der Waals surface area contributed by atoms with E-state index in [0.717, 1.165) is 15.6 Å². The number of carbonyl (C=O) groups excluding carboxylic acids is 1. The van der Waals surface area contributed by atoms with Crippen LogP contribution < -0.4 is 4.74 Å². The number of carboxylic acid groups (broad SMARTS) is 1. The molecule has 0 aromatic heterocycles. The molecule has 6 nitrogen and oxygen atoms in total. The van der Waals surface area contributed by atoms with Crippen molar-refractivity contribution in [1.82, 2.24) is 4.90 Å². The van der Waals surface area contributed by atoms with Crippen molar-refractivity contribution in [1.29, 1.82) is 0 Å². The summed E-state index contributed by atoms with van der Waals surface area (Å²) in [5, 5.41) is 10.7. The first-order valence-corrected chi connectivity index (χ1v) is 12.5. The van der Waals surface area contributed by atoms with Gasteiger partial charge in [-0.05, 0) is 81.8 Å². The maximum Gasteiger partial charge on any atom is 0.335 e. The number of nitrogens with zero attached hydrogens (tertiary/aromatic N) is 2. The van der Waals surface area contributed by atoms with E-state index in [0.29, 0.717) is 31.6 Å². The van der Waals surface area contributed by atoms with Gasteiger partial charge in [-0.3, -0.25) is 9.69 Å². The molecule has 0 saturated carbocycles. The summed E-state index contributed by atoms with van der Waals surface area (Å²) in [5.41, 5.74) is 2.20. The highest BCUT2D eigenvalue weighted by Crippen LogP contribution is 2.35. The number of hydrogen-bond donors (Lipinski definition) is 1. The Labute approximate surface area is 224 Å². The molecule has 0 aliphatic carbocycles. The van der Waals surface area contributed by atoms with Crippen LogP contribution in [0, 0.1) is 0 Å². The number of carboxylic acids is 1. The first-order chi connectivity index (χ1) is 16.7. The molecule has 1 N–H and O–H groups in total. The van der Waals surface area contributed by atoms with Crippen LogP contribution in [-0.4, -0.2) is 34.1 Å². The molecule has 10 heteroatoms. The number of hydrogen-bond acceptors (Lipinski definition) is 5. The molecule has 1 amide bonds. The maximum absolute atomic E-state index is 12.8. The lowest BCUT2D eigenvalue weighted by Crippen LogP contribution is -2.23. The Morgan fingerprint density at radius 3 is 2.69 bits per heavy atom. The normalized spacial score (nSPS) is 15.8. The van der Waals surface area contributed by atoms with Gasteiger partial charge in [-0.25, -0.2) is 9.79 Å². The highest BCUT2D eigenvalue weighted by Gasteiger charge is 2.30. The zero-order valence-corrected chi connectivity index (χ0v) is 22.1. The van der Waals surface area contributed by atoms with Crippen LogP contribution in [0.25, 0.3) is 6.08 Å². The van der Waals surface area contributed by atoms with E-state index in [2.05, 4.69) is 20.9 Å². The lowest BCUT2D eigenvalue weighted by atomic mass is 10.2. The van der Waals surface area contributed by atoms with Crippen LogP contribution in [0.5, 0.6) is 5.75 Å². The third-order valence-electron chi connectivity index (χ3n) is 4.97. The number of benzene rings is 3. The average molecular weight is 592 g/mol. The van der Waals surface area contributed by atoms with Gasteiger partial charge in [0.05, 0.1) is 20.6 Å². The summed E-state index contributed by atoms with van der Waals surface area (Å²) < 4.78 is 6.60. The Bertz CT molecular complexity index is 1390. The van der Waals surface area contributed by atoms with E-state index in [9.17, 15) is 14.7 Å². The number of rotatable bonds is 6. The summed E-state index contributed by atoms with van der Waals surface area (Å²) in [6.07, 6.45) is 1.77. The van der Waals surface area contributed by atoms with Crippen LogP contribution in [0.4, 0.5) is 5.69 Å². The molecule has 3 aromatic rings. The smallest absolute Gasteiger partial charge is 0.335 e. The minimum atomic E-state index is -1.04. The monoisotopic (exact) mass is 590 g/mol. The minimum absolute atomic E-state index is 0.130. The van der Waals surface area contributed by atoms with Gasteiger partial charge in [0, 0.05) is 22.7 Å². The van der Waals surface area contributed by atoms with Crippen LogP contribution in [-0.2, 0) is 11.4 Å². The van der Waals surface area contributed by atoms with E-state index in [-0.39, 0.29) is 18.1 Å². The third-order valence-corrected chi connectivity index (χ3v) is 7.24. The molecule has 1 aliphatic rings. The molecule has 0 radical (unpaired) electrons. The first-order valence-electron chi connectivity index (χ1n) is 10.2. The molecule has 0 atom stereocenters. The number of likely N-dealkylation sites (N-methyl/N-ethyl adjacent to an activating group) is 1. The molecular formula is C25H17BrCl2N2O4S. The van der Waals surface area contributed by atoms with E-state index in [1.165, 1.54) is 28.8 Å². The second-order valence-corrected chi connectivity index (χ2v) is 10.1. The Morgan fingerprint density at radius 2 is 1.97 bits per heavy atom. The Balaban J connectivity index is 1.50. The zero-order valence-electron chi connectivity index (χ0n) is 18.2. The Kier molecular flexibility index (Phi) is 7.86. The summed E-state index contributed by atoms with van der Waals surface area (Å²) in [6, 6.07) is 17.0. The molecule has 0 spiro atoms. The van der Waals surface area contributed by atoms with Gasteiger partial charge in [0.15, 0.2) is 5.17 Å². The van der Waals surface area contributed by atoms with Crippen LogP contribution in [0.3, 0.4) is 0 Å². The van der Waals surface area contributed by atoms with Crippen molar-refractivity contribution in [2.75, 3.05) is 7.05 Å². The number of amidine groups is 1. The maximum atomic E-state index is 12.8. The van der Waals surface area contributed by atoms with Crippen molar-refractivity contribution in [3.8, 4) is 5.75 Å². The van der Waals surface area contributed by atoms with Crippen LogP contribution in [0.15, 0.2) is 75.0 Å². The van der Waals surface area contributed by atoms with Gasteiger partial charge >= 0.3 is 5.97 Å². The van der Waals surface area contributed by atoms with Gasteiger partial charge in [-0.1, -0.05) is 41.4 Å². The Morgan fingerprint density at radius 1 is 1.17 bits per heavy atom. The fraction of sp³-hybridized carbons (Fsp3) is 0.0800. The molecule has 1 aliphatic heterocycles. The van der Waals surface area contributed by atoms with Gasteiger partial charge in [-0.2, -0.15) is 0 Å². The Hall–Kier alpha value is -2.78. The number of thioether (sulfide) groups is 1. The predicted octanol–water partition coefficient (Wildman–Crippen LogP) is 7.27. The number of aromatic carboxylic acids is 1. The lowest BCUT2D eigenvalue weighted by Gasteiger charge is -2.10. The van der Waals surface area contributed by atoms with Crippen LogP contribution >= 0.6 is 50.9 Å². The summed E-state index contributed by atoms with van der Waals surface area (Å²) >= 11 is 16.9. The second-order valence-electron chi connectivity index (χ2n) is 7.44. The van der Waals surface area contributed by atoms with Crippen molar-refractivity contribution in [3.63, 3.8) is 0 Å². The van der Waals surface area contributed by atoms with Gasteiger partial charge < -0.3 is 9.84 Å². The molecule has 4 rings (SSSR count). The number of halogens is 3. The van der Waals surface area contributed by atoms with Crippen molar-refractivity contribution >= 4 is 79.7 Å². The van der Waals surface area contributed by atoms with Gasteiger partial charge in [0.2, 0.25) is 0 Å². The third kappa shape index (κ3) is 6.08. The van der Waals surface area contributed by atoms with Crippen molar-refractivity contribution in [2.24, 2.45) is 4.99 Å². The molecule has 1 heterocycles. The van der Waals surface area contributed by atoms with Crippen LogP contribution in [0.2, 0.25) is 10.0 Å². The summed E-state index contributed by atoms with van der Waals surface area (Å²) in [5.74, 6) is -0.608. The highest BCUT2D eigenvalue weighted by atomic mass is 79.9. The fourth-order valence-corrected chi connectivity index (χ4v) is 5.10. The minimum Gasteiger partial charge on any atom is -0.488 e. The summed E-state index contributed by atoms with van der Waals surface area (Å²) in [7, 11) is 1.63. The van der Waals surface area contributed by atoms with E-state index in [4.69, 9.17) is 27.9 Å². The number of ether oxygens (including phenoxy) is 1. The van der Waals surface area contributed by atoms with Gasteiger partial charge in [-0.15, -0.1) is 0 Å². The van der Waals surface area contributed by atoms with E-state index >= 15 is 0 Å². The fourth-order valence-electron chi connectivity index (χ4n) is 3.14. The van der Waals surface area contributed by atoms with Crippen LogP contribution in [0.1, 0.15) is 21.5 Å². The number of aliphatic imine (C=N–C) groups is 1. The molecule has 3 aromatic carbocycles. The second kappa shape index (κ2) is 10.9. The summed E-state index contributed by atoms with van der Waals surface area (Å²) in [6.45, 7) is 0.275. The topological polar surface area (TPSA) is 79.2 Å². The largest absolute Gasteiger partial charge is 0.488 e. The lowest BCUT2D eigenvalue weighted by molar-refractivity contribution is -0.121. The van der Waals surface area contributed by atoms with Crippen molar-refractivity contribution in [2.45, 2.75) is 6.61 Å². The van der Waals surface area contributed by atoms with E-state index < -0.39 is 5.97 Å². The standard InChI is InChI=1S/C25H17BrCl2N2O4S/c1-30-23(31)22(35-25(30)29-18-4-2-3-15(11-18)24(32)33)10-14-5-8-21(19(26)9-14)34-13-16-6-7-17(27)12-20(16)28/h2-12H,13H2,1H3,(H,32,33). The average Bonchev–Trinajstić information content (AvgIpc) is 3.07. The van der Waals surface area contributed by atoms with Crippen molar-refractivity contribution in [3.05, 3.63) is 96.8 Å².